The van der Waals surface area contributed by atoms with Crippen LogP contribution in [0.25, 0.3) is 0 Å². The predicted octanol–water partition coefficient (Wildman–Crippen LogP) is -0.557. The van der Waals surface area contributed by atoms with Crippen molar-refractivity contribution in [2.24, 2.45) is 11.7 Å². The fourth-order valence-corrected chi connectivity index (χ4v) is 3.27. The molecule has 0 saturated carbocycles. The molecule has 3 N–H and O–H groups in total. The molecule has 1 heterocycles. The smallest absolute Gasteiger partial charge is 0.309 e. The second-order valence-electron chi connectivity index (χ2n) is 4.76. The molecular formula is C11H23N3O4S. The molecule has 0 bridgehead atoms. The Bertz CT molecular complexity index is 389. The summed E-state index contributed by atoms with van der Waals surface area (Å²) in [6, 6.07) is -0.230. The molecule has 0 aromatic heterocycles. The summed E-state index contributed by atoms with van der Waals surface area (Å²) < 4.78 is 32.6. The predicted molar refractivity (Wildman–Crippen MR) is 71.5 cm³/mol. The number of carbonyl (C=O) groups excluding carboxylic acids is 1. The summed E-state index contributed by atoms with van der Waals surface area (Å²) in [5, 5.41) is 0. The number of esters is 1. The van der Waals surface area contributed by atoms with E-state index in [0.29, 0.717) is 32.5 Å². The van der Waals surface area contributed by atoms with E-state index in [2.05, 4.69) is 4.72 Å². The van der Waals surface area contributed by atoms with Gasteiger partial charge < -0.3 is 10.5 Å². The van der Waals surface area contributed by atoms with Gasteiger partial charge in [0.05, 0.1) is 12.5 Å². The van der Waals surface area contributed by atoms with Gasteiger partial charge in [-0.05, 0) is 26.7 Å². The van der Waals surface area contributed by atoms with Gasteiger partial charge in [0.1, 0.15) is 0 Å². The minimum atomic E-state index is -3.49. The fraction of sp³-hybridized carbons (Fsp3) is 0.909. The van der Waals surface area contributed by atoms with E-state index in [0.717, 1.165) is 0 Å². The summed E-state index contributed by atoms with van der Waals surface area (Å²) in [5.74, 6) is -0.428. The van der Waals surface area contributed by atoms with Crippen LogP contribution in [0.15, 0.2) is 0 Å². The van der Waals surface area contributed by atoms with Crippen molar-refractivity contribution in [3.63, 3.8) is 0 Å². The summed E-state index contributed by atoms with van der Waals surface area (Å²) in [7, 11) is -3.49. The molecule has 0 aliphatic carbocycles. The quantitative estimate of drug-likeness (QED) is 0.639. The Labute approximate surface area is 114 Å². The van der Waals surface area contributed by atoms with E-state index in [4.69, 9.17) is 10.5 Å². The van der Waals surface area contributed by atoms with Crippen molar-refractivity contribution in [2.75, 3.05) is 26.2 Å². The zero-order valence-corrected chi connectivity index (χ0v) is 12.3. The van der Waals surface area contributed by atoms with Gasteiger partial charge in [-0.3, -0.25) is 4.79 Å². The van der Waals surface area contributed by atoms with E-state index < -0.39 is 10.2 Å². The van der Waals surface area contributed by atoms with Gasteiger partial charge in [-0.2, -0.15) is 12.7 Å². The minimum Gasteiger partial charge on any atom is -0.466 e. The van der Waals surface area contributed by atoms with Gasteiger partial charge in [0.25, 0.3) is 10.2 Å². The number of hydrogen-bond donors (Lipinski definition) is 2. The molecule has 8 heteroatoms. The van der Waals surface area contributed by atoms with Crippen LogP contribution in [-0.4, -0.2) is 51.0 Å². The lowest BCUT2D eigenvalue weighted by atomic mass is 9.98. The number of hydrogen-bond acceptors (Lipinski definition) is 5. The van der Waals surface area contributed by atoms with Crippen molar-refractivity contribution in [3.05, 3.63) is 0 Å². The number of ether oxygens (including phenoxy) is 1. The highest BCUT2D eigenvalue weighted by Crippen LogP contribution is 2.20. The summed E-state index contributed by atoms with van der Waals surface area (Å²) in [4.78, 5) is 11.5. The fourth-order valence-electron chi connectivity index (χ4n) is 1.92. The van der Waals surface area contributed by atoms with Crippen LogP contribution in [0.4, 0.5) is 0 Å². The third kappa shape index (κ3) is 5.06. The highest BCUT2D eigenvalue weighted by atomic mass is 32.2. The number of piperidine rings is 1. The molecule has 1 saturated heterocycles. The molecule has 1 rings (SSSR count). The monoisotopic (exact) mass is 293 g/mol. The van der Waals surface area contributed by atoms with E-state index in [9.17, 15) is 13.2 Å². The van der Waals surface area contributed by atoms with Crippen molar-refractivity contribution < 1.29 is 17.9 Å². The Balaban J connectivity index is 2.46. The largest absolute Gasteiger partial charge is 0.466 e. The molecule has 0 radical (unpaired) electrons. The third-order valence-corrected chi connectivity index (χ3v) is 4.58. The summed E-state index contributed by atoms with van der Waals surface area (Å²) in [6.07, 6.45) is 0.996. The molecule has 7 nitrogen and oxygen atoms in total. The lowest BCUT2D eigenvalue weighted by Crippen LogP contribution is -2.48. The Hall–Kier alpha value is -0.700. The normalized spacial score (nSPS) is 20.2. The van der Waals surface area contributed by atoms with Gasteiger partial charge in [0, 0.05) is 25.7 Å². The maximum Gasteiger partial charge on any atom is 0.309 e. The highest BCUT2D eigenvalue weighted by Gasteiger charge is 2.31. The molecule has 112 valence electrons. The Kier molecular flexibility index (Phi) is 6.18. The van der Waals surface area contributed by atoms with Gasteiger partial charge >= 0.3 is 5.97 Å². The average molecular weight is 293 g/mol. The van der Waals surface area contributed by atoms with E-state index in [1.54, 1.807) is 13.8 Å². The molecule has 1 unspecified atom stereocenters. The first-order valence-electron chi connectivity index (χ1n) is 6.53. The van der Waals surface area contributed by atoms with Crippen LogP contribution in [0, 0.1) is 5.92 Å². The van der Waals surface area contributed by atoms with Crippen LogP contribution >= 0.6 is 0 Å². The summed E-state index contributed by atoms with van der Waals surface area (Å²) in [6.45, 7) is 4.72. The molecular weight excluding hydrogens is 270 g/mol. The molecule has 0 aromatic carbocycles. The SMILES string of the molecule is CCOC(=O)C1CCN(S(=O)(=O)NCC(C)N)CC1. The number of carbonyl (C=O) groups is 1. The van der Waals surface area contributed by atoms with Crippen molar-refractivity contribution in [1.29, 1.82) is 0 Å². The number of nitrogens with two attached hydrogens (primary N) is 1. The number of nitrogens with one attached hydrogen (secondary N) is 1. The van der Waals surface area contributed by atoms with Gasteiger partial charge in [-0.15, -0.1) is 0 Å². The average Bonchev–Trinajstić information content (AvgIpc) is 2.37. The van der Waals surface area contributed by atoms with E-state index in [1.165, 1.54) is 4.31 Å². The first kappa shape index (κ1) is 16.4. The lowest BCUT2D eigenvalue weighted by Gasteiger charge is -2.30. The van der Waals surface area contributed by atoms with E-state index in [1.807, 2.05) is 0 Å². The molecule has 19 heavy (non-hydrogen) atoms. The van der Waals surface area contributed by atoms with Crippen LogP contribution < -0.4 is 10.5 Å². The van der Waals surface area contributed by atoms with E-state index in [-0.39, 0.29) is 24.5 Å². The maximum absolute atomic E-state index is 11.9. The minimum absolute atomic E-state index is 0.195. The Morgan fingerprint density at radius 2 is 2.05 bits per heavy atom. The zero-order valence-electron chi connectivity index (χ0n) is 11.5. The van der Waals surface area contributed by atoms with Crippen LogP contribution in [0.1, 0.15) is 26.7 Å². The van der Waals surface area contributed by atoms with Gasteiger partial charge in [-0.25, -0.2) is 4.72 Å². The maximum atomic E-state index is 11.9. The van der Waals surface area contributed by atoms with Crippen molar-refractivity contribution in [2.45, 2.75) is 32.7 Å². The number of rotatable bonds is 6. The molecule has 1 aliphatic rings. The van der Waals surface area contributed by atoms with Gasteiger partial charge in [0.2, 0.25) is 0 Å². The molecule has 0 aromatic rings. The van der Waals surface area contributed by atoms with Gasteiger partial charge in [-0.1, -0.05) is 0 Å². The Morgan fingerprint density at radius 1 is 1.47 bits per heavy atom. The topological polar surface area (TPSA) is 102 Å². The Morgan fingerprint density at radius 3 is 2.53 bits per heavy atom. The lowest BCUT2D eigenvalue weighted by molar-refractivity contribution is -0.149. The van der Waals surface area contributed by atoms with Crippen molar-refractivity contribution in [3.8, 4) is 0 Å². The summed E-state index contributed by atoms with van der Waals surface area (Å²) in [5.41, 5.74) is 5.52. The van der Waals surface area contributed by atoms with Crippen molar-refractivity contribution in [1.82, 2.24) is 9.03 Å². The van der Waals surface area contributed by atoms with Gasteiger partial charge in [0.15, 0.2) is 0 Å². The second-order valence-corrected chi connectivity index (χ2v) is 6.51. The number of nitrogens with zero attached hydrogens (tertiary/aromatic N) is 1. The van der Waals surface area contributed by atoms with Crippen LogP contribution in [0.3, 0.4) is 0 Å². The third-order valence-electron chi connectivity index (χ3n) is 3.00. The first-order valence-corrected chi connectivity index (χ1v) is 7.97. The molecule has 0 amide bonds. The standard InChI is InChI=1S/C11H23N3O4S/c1-3-18-11(15)10-4-6-14(7-5-10)19(16,17)13-8-9(2)12/h9-10,13H,3-8,12H2,1-2H3. The molecule has 0 spiro atoms. The highest BCUT2D eigenvalue weighted by molar-refractivity contribution is 7.87. The van der Waals surface area contributed by atoms with Crippen LogP contribution in [0.2, 0.25) is 0 Å². The molecule has 1 aliphatic heterocycles. The zero-order chi connectivity index (χ0) is 14.5. The van der Waals surface area contributed by atoms with Crippen molar-refractivity contribution >= 4 is 16.2 Å². The van der Waals surface area contributed by atoms with Crippen LogP contribution in [0.5, 0.6) is 0 Å². The molecule has 1 atom stereocenters. The molecule has 1 fully saturated rings. The first-order chi connectivity index (χ1) is 8.86. The van der Waals surface area contributed by atoms with E-state index >= 15 is 0 Å². The summed E-state index contributed by atoms with van der Waals surface area (Å²) >= 11 is 0. The second kappa shape index (κ2) is 7.18. The van der Waals surface area contributed by atoms with Crippen LogP contribution in [-0.2, 0) is 19.7 Å².